The topological polar surface area (TPSA) is 15.3 Å². The molecule has 1 N–H and O–H groups in total. The molecule has 2 nitrogen and oxygen atoms in total. The molecular formula is C11H24N2. The van der Waals surface area contributed by atoms with E-state index in [0.717, 1.165) is 12.6 Å². The fourth-order valence-corrected chi connectivity index (χ4v) is 2.08. The summed E-state index contributed by atoms with van der Waals surface area (Å²) < 4.78 is 0. The lowest BCUT2D eigenvalue weighted by atomic mass is 10.2. The van der Waals surface area contributed by atoms with Crippen LogP contribution in [0.25, 0.3) is 0 Å². The van der Waals surface area contributed by atoms with Crippen LogP contribution >= 0.6 is 0 Å². The van der Waals surface area contributed by atoms with Crippen molar-refractivity contribution in [1.29, 1.82) is 0 Å². The molecule has 0 spiro atoms. The van der Waals surface area contributed by atoms with Crippen LogP contribution < -0.4 is 5.32 Å². The number of unbranched alkanes of at least 4 members (excludes halogenated alkanes) is 2. The molecule has 0 aromatic carbocycles. The molecule has 1 unspecified atom stereocenters. The Hall–Kier alpha value is -0.0800. The molecule has 1 aliphatic rings. The fraction of sp³-hybridized carbons (Fsp3) is 1.00. The quantitative estimate of drug-likeness (QED) is 0.634. The first kappa shape index (κ1) is 11.0. The Morgan fingerprint density at radius 1 is 1.31 bits per heavy atom. The highest BCUT2D eigenvalue weighted by atomic mass is 15.2. The molecule has 0 aromatic rings. The maximum absolute atomic E-state index is 3.52. The number of hydrogen-bond acceptors (Lipinski definition) is 2. The van der Waals surface area contributed by atoms with Gasteiger partial charge in [0.05, 0.1) is 0 Å². The van der Waals surface area contributed by atoms with Gasteiger partial charge >= 0.3 is 0 Å². The SMILES string of the molecule is CCCCCN1CCC(NCC)C1. The van der Waals surface area contributed by atoms with Crippen LogP contribution in [0.1, 0.15) is 39.5 Å². The fourth-order valence-electron chi connectivity index (χ4n) is 2.08. The Bertz CT molecular complexity index is 125. The first-order valence-corrected chi connectivity index (χ1v) is 5.82. The van der Waals surface area contributed by atoms with Crippen molar-refractivity contribution in [2.75, 3.05) is 26.2 Å². The molecule has 0 amide bonds. The average molecular weight is 184 g/mol. The largest absolute Gasteiger partial charge is 0.313 e. The lowest BCUT2D eigenvalue weighted by Crippen LogP contribution is -2.32. The van der Waals surface area contributed by atoms with Crippen LogP contribution in [0.15, 0.2) is 0 Å². The summed E-state index contributed by atoms with van der Waals surface area (Å²) in [4.78, 5) is 2.60. The van der Waals surface area contributed by atoms with E-state index >= 15 is 0 Å². The maximum atomic E-state index is 3.52. The molecule has 13 heavy (non-hydrogen) atoms. The summed E-state index contributed by atoms with van der Waals surface area (Å²) in [6, 6.07) is 0.770. The van der Waals surface area contributed by atoms with Crippen LogP contribution in [0.5, 0.6) is 0 Å². The number of likely N-dealkylation sites (N-methyl/N-ethyl adjacent to an activating group) is 1. The molecule has 0 radical (unpaired) electrons. The summed E-state index contributed by atoms with van der Waals surface area (Å²) in [6.45, 7) is 9.48. The minimum atomic E-state index is 0.770. The Morgan fingerprint density at radius 2 is 2.15 bits per heavy atom. The van der Waals surface area contributed by atoms with Crippen LogP contribution in [0.4, 0.5) is 0 Å². The molecule has 1 rings (SSSR count). The van der Waals surface area contributed by atoms with Gasteiger partial charge in [-0.1, -0.05) is 26.7 Å². The molecule has 0 saturated carbocycles. The van der Waals surface area contributed by atoms with Gasteiger partial charge in [-0.25, -0.2) is 0 Å². The summed E-state index contributed by atoms with van der Waals surface area (Å²) in [5.41, 5.74) is 0. The molecule has 78 valence electrons. The molecule has 1 heterocycles. The summed E-state index contributed by atoms with van der Waals surface area (Å²) in [6.07, 6.45) is 5.46. The van der Waals surface area contributed by atoms with E-state index in [1.807, 2.05) is 0 Å². The van der Waals surface area contributed by atoms with Gasteiger partial charge in [0.1, 0.15) is 0 Å². The van der Waals surface area contributed by atoms with Gasteiger partial charge in [-0.05, 0) is 32.5 Å². The minimum absolute atomic E-state index is 0.770. The van der Waals surface area contributed by atoms with Crippen molar-refractivity contribution in [2.24, 2.45) is 0 Å². The monoisotopic (exact) mass is 184 g/mol. The smallest absolute Gasteiger partial charge is 0.0207 e. The van der Waals surface area contributed by atoms with Gasteiger partial charge in [-0.15, -0.1) is 0 Å². The number of likely N-dealkylation sites (tertiary alicyclic amines) is 1. The van der Waals surface area contributed by atoms with E-state index in [2.05, 4.69) is 24.1 Å². The predicted molar refractivity (Wildman–Crippen MR) is 58.0 cm³/mol. The van der Waals surface area contributed by atoms with Crippen molar-refractivity contribution in [1.82, 2.24) is 10.2 Å². The highest BCUT2D eigenvalue weighted by molar-refractivity contribution is 4.80. The summed E-state index contributed by atoms with van der Waals surface area (Å²) in [5, 5.41) is 3.52. The zero-order chi connectivity index (χ0) is 9.52. The van der Waals surface area contributed by atoms with Crippen LogP contribution in [-0.2, 0) is 0 Å². The van der Waals surface area contributed by atoms with Crippen molar-refractivity contribution in [3.8, 4) is 0 Å². The molecule has 0 aromatic heterocycles. The van der Waals surface area contributed by atoms with E-state index in [1.54, 1.807) is 0 Å². The van der Waals surface area contributed by atoms with E-state index < -0.39 is 0 Å². The average Bonchev–Trinajstić information content (AvgIpc) is 2.54. The molecule has 0 bridgehead atoms. The van der Waals surface area contributed by atoms with E-state index in [-0.39, 0.29) is 0 Å². The third-order valence-corrected chi connectivity index (χ3v) is 2.84. The summed E-state index contributed by atoms with van der Waals surface area (Å²) >= 11 is 0. The summed E-state index contributed by atoms with van der Waals surface area (Å²) in [5.74, 6) is 0. The van der Waals surface area contributed by atoms with Crippen molar-refractivity contribution in [3.05, 3.63) is 0 Å². The van der Waals surface area contributed by atoms with Gasteiger partial charge in [0.15, 0.2) is 0 Å². The highest BCUT2D eigenvalue weighted by Gasteiger charge is 2.20. The first-order valence-electron chi connectivity index (χ1n) is 5.82. The van der Waals surface area contributed by atoms with Gasteiger partial charge in [-0.3, -0.25) is 0 Å². The second kappa shape index (κ2) is 6.39. The van der Waals surface area contributed by atoms with Gasteiger partial charge in [0.2, 0.25) is 0 Å². The molecule has 1 aliphatic heterocycles. The second-order valence-corrected chi connectivity index (χ2v) is 4.05. The molecule has 1 fully saturated rings. The van der Waals surface area contributed by atoms with Crippen molar-refractivity contribution in [3.63, 3.8) is 0 Å². The third kappa shape index (κ3) is 4.10. The lowest BCUT2D eigenvalue weighted by Gasteiger charge is -2.15. The van der Waals surface area contributed by atoms with E-state index in [9.17, 15) is 0 Å². The molecule has 1 atom stereocenters. The maximum Gasteiger partial charge on any atom is 0.0207 e. The predicted octanol–water partition coefficient (Wildman–Crippen LogP) is 1.86. The number of rotatable bonds is 6. The van der Waals surface area contributed by atoms with Crippen LogP contribution in [-0.4, -0.2) is 37.1 Å². The molecule has 0 aliphatic carbocycles. The van der Waals surface area contributed by atoms with Crippen LogP contribution in [0, 0.1) is 0 Å². The highest BCUT2D eigenvalue weighted by Crippen LogP contribution is 2.10. The van der Waals surface area contributed by atoms with Crippen LogP contribution in [0.3, 0.4) is 0 Å². The van der Waals surface area contributed by atoms with Gasteiger partial charge in [-0.2, -0.15) is 0 Å². The lowest BCUT2D eigenvalue weighted by molar-refractivity contribution is 0.320. The van der Waals surface area contributed by atoms with Gasteiger partial charge in [0.25, 0.3) is 0 Å². The van der Waals surface area contributed by atoms with E-state index in [0.29, 0.717) is 0 Å². The second-order valence-electron chi connectivity index (χ2n) is 4.05. The Labute approximate surface area is 82.7 Å². The molecule has 1 saturated heterocycles. The van der Waals surface area contributed by atoms with Gasteiger partial charge < -0.3 is 10.2 Å². The van der Waals surface area contributed by atoms with Crippen molar-refractivity contribution >= 4 is 0 Å². The Morgan fingerprint density at radius 3 is 2.85 bits per heavy atom. The van der Waals surface area contributed by atoms with Gasteiger partial charge in [0, 0.05) is 12.6 Å². The zero-order valence-corrected chi connectivity index (χ0v) is 9.18. The Balaban J connectivity index is 2.03. The Kier molecular flexibility index (Phi) is 5.40. The van der Waals surface area contributed by atoms with E-state index in [4.69, 9.17) is 0 Å². The van der Waals surface area contributed by atoms with Crippen LogP contribution in [0.2, 0.25) is 0 Å². The normalized spacial score (nSPS) is 24.0. The first-order chi connectivity index (χ1) is 6.36. The number of nitrogens with one attached hydrogen (secondary N) is 1. The number of hydrogen-bond donors (Lipinski definition) is 1. The van der Waals surface area contributed by atoms with Crippen molar-refractivity contribution < 1.29 is 0 Å². The minimum Gasteiger partial charge on any atom is -0.313 e. The zero-order valence-electron chi connectivity index (χ0n) is 9.18. The molecule has 2 heteroatoms. The summed E-state index contributed by atoms with van der Waals surface area (Å²) in [7, 11) is 0. The molecular weight excluding hydrogens is 160 g/mol. The third-order valence-electron chi connectivity index (χ3n) is 2.84. The van der Waals surface area contributed by atoms with E-state index in [1.165, 1.54) is 45.3 Å². The number of nitrogens with zero attached hydrogens (tertiary/aromatic N) is 1. The standard InChI is InChI=1S/C11H24N2/c1-3-5-6-8-13-9-7-11(10-13)12-4-2/h11-12H,3-10H2,1-2H3. The van der Waals surface area contributed by atoms with Crippen molar-refractivity contribution in [2.45, 2.75) is 45.6 Å².